The first-order valence-corrected chi connectivity index (χ1v) is 7.17. The van der Waals surface area contributed by atoms with Crippen LogP contribution in [0.3, 0.4) is 0 Å². The van der Waals surface area contributed by atoms with Crippen LogP contribution in [0.5, 0.6) is 0 Å². The zero-order chi connectivity index (χ0) is 15.1. The summed E-state index contributed by atoms with van der Waals surface area (Å²) in [5, 5.41) is 15.6. The summed E-state index contributed by atoms with van der Waals surface area (Å²) in [4.78, 5) is 11.7. The predicted octanol–water partition coefficient (Wildman–Crippen LogP) is 1.78. The summed E-state index contributed by atoms with van der Waals surface area (Å²) in [6.45, 7) is 4.24. The number of fused-ring (bicyclic) bond motifs is 1. The van der Waals surface area contributed by atoms with Crippen molar-refractivity contribution in [3.05, 3.63) is 36.0 Å². The van der Waals surface area contributed by atoms with Crippen molar-refractivity contribution in [2.75, 3.05) is 13.1 Å². The Morgan fingerprint density at radius 3 is 3.00 bits per heavy atom. The number of carbonyl (C=O) groups excluding carboxylic acids is 1. The Hall–Kier alpha value is -2.32. The van der Waals surface area contributed by atoms with Gasteiger partial charge in [-0.3, -0.25) is 4.79 Å². The molecule has 2 rings (SSSR count). The van der Waals surface area contributed by atoms with Crippen LogP contribution >= 0.6 is 0 Å². The Morgan fingerprint density at radius 2 is 2.24 bits per heavy atom. The van der Waals surface area contributed by atoms with Gasteiger partial charge < -0.3 is 15.2 Å². The topological polar surface area (TPSA) is 69.8 Å². The van der Waals surface area contributed by atoms with Crippen LogP contribution in [0.25, 0.3) is 10.9 Å². The van der Waals surface area contributed by atoms with Gasteiger partial charge in [-0.05, 0) is 30.7 Å². The molecular formula is C16H20N4O. The highest BCUT2D eigenvalue weighted by Gasteiger charge is 2.08. The van der Waals surface area contributed by atoms with Crippen molar-refractivity contribution in [2.45, 2.75) is 26.4 Å². The largest absolute Gasteiger partial charge is 0.341 e. The van der Waals surface area contributed by atoms with Crippen molar-refractivity contribution in [2.24, 2.45) is 0 Å². The number of nitriles is 1. The Morgan fingerprint density at radius 1 is 1.38 bits per heavy atom. The quantitative estimate of drug-likeness (QED) is 0.601. The highest BCUT2D eigenvalue weighted by Crippen LogP contribution is 2.20. The van der Waals surface area contributed by atoms with Crippen LogP contribution in [-0.2, 0) is 17.9 Å². The summed E-state index contributed by atoms with van der Waals surface area (Å²) in [7, 11) is 0. The van der Waals surface area contributed by atoms with Crippen molar-refractivity contribution in [3.8, 4) is 6.07 Å². The van der Waals surface area contributed by atoms with Gasteiger partial charge in [0.15, 0.2) is 0 Å². The molecule has 1 heterocycles. The third-order valence-electron chi connectivity index (χ3n) is 3.32. The Kier molecular flexibility index (Phi) is 5.35. The lowest BCUT2D eigenvalue weighted by molar-refractivity contribution is -0.121. The van der Waals surface area contributed by atoms with Gasteiger partial charge in [0, 0.05) is 23.6 Å². The fourth-order valence-electron chi connectivity index (χ4n) is 2.33. The van der Waals surface area contributed by atoms with Gasteiger partial charge in [0.05, 0.1) is 6.07 Å². The number of rotatable bonds is 7. The molecule has 2 aromatic rings. The lowest BCUT2D eigenvalue weighted by atomic mass is 10.1. The number of nitrogens with zero attached hydrogens (tertiary/aromatic N) is 2. The summed E-state index contributed by atoms with van der Waals surface area (Å²) in [6, 6.07) is 10.1. The first kappa shape index (κ1) is 15.1. The lowest BCUT2D eigenvalue weighted by Crippen LogP contribution is -2.27. The Balaban J connectivity index is 2.14. The zero-order valence-electron chi connectivity index (χ0n) is 12.2. The van der Waals surface area contributed by atoms with Gasteiger partial charge in [0.1, 0.15) is 13.1 Å². The van der Waals surface area contributed by atoms with E-state index in [0.29, 0.717) is 0 Å². The molecule has 0 spiro atoms. The van der Waals surface area contributed by atoms with E-state index in [1.165, 1.54) is 5.56 Å². The summed E-state index contributed by atoms with van der Waals surface area (Å²) in [5.41, 5.74) is 2.27. The molecule has 0 aliphatic heterocycles. The molecule has 1 aromatic heterocycles. The second-order valence-electron chi connectivity index (χ2n) is 4.91. The normalized spacial score (nSPS) is 10.5. The molecule has 5 nitrogen and oxygen atoms in total. The van der Waals surface area contributed by atoms with Gasteiger partial charge in [-0.2, -0.15) is 5.26 Å². The number of benzene rings is 1. The third kappa shape index (κ3) is 3.83. The van der Waals surface area contributed by atoms with E-state index in [1.807, 2.05) is 35.0 Å². The maximum absolute atomic E-state index is 11.7. The number of amides is 1. The zero-order valence-corrected chi connectivity index (χ0v) is 12.2. The van der Waals surface area contributed by atoms with E-state index in [0.717, 1.165) is 30.4 Å². The molecule has 2 N–H and O–H groups in total. The SMILES string of the molecule is CCCNCc1cccc2c1ccn2CC(=O)NCC#N. The number of hydrogen-bond donors (Lipinski definition) is 2. The first-order chi connectivity index (χ1) is 10.3. The van der Waals surface area contributed by atoms with Crippen molar-refractivity contribution < 1.29 is 4.79 Å². The molecule has 0 fully saturated rings. The number of nitrogens with one attached hydrogen (secondary N) is 2. The fourth-order valence-corrected chi connectivity index (χ4v) is 2.33. The Bertz CT molecular complexity index is 654. The van der Waals surface area contributed by atoms with Crippen molar-refractivity contribution in [1.82, 2.24) is 15.2 Å². The van der Waals surface area contributed by atoms with Gasteiger partial charge in [-0.1, -0.05) is 19.1 Å². The average Bonchev–Trinajstić information content (AvgIpc) is 2.89. The second kappa shape index (κ2) is 7.46. The van der Waals surface area contributed by atoms with Crippen LogP contribution in [0.1, 0.15) is 18.9 Å². The van der Waals surface area contributed by atoms with Gasteiger partial charge in [-0.25, -0.2) is 0 Å². The first-order valence-electron chi connectivity index (χ1n) is 7.17. The van der Waals surface area contributed by atoms with E-state index in [9.17, 15) is 4.79 Å². The summed E-state index contributed by atoms with van der Waals surface area (Å²) in [5.74, 6) is -0.149. The third-order valence-corrected chi connectivity index (χ3v) is 3.32. The second-order valence-corrected chi connectivity index (χ2v) is 4.91. The molecule has 0 bridgehead atoms. The highest BCUT2D eigenvalue weighted by molar-refractivity contribution is 5.85. The number of aromatic nitrogens is 1. The highest BCUT2D eigenvalue weighted by atomic mass is 16.1. The minimum Gasteiger partial charge on any atom is -0.341 e. The molecule has 0 saturated carbocycles. The van der Waals surface area contributed by atoms with Gasteiger partial charge in [-0.15, -0.1) is 0 Å². The van der Waals surface area contributed by atoms with Crippen molar-refractivity contribution in [3.63, 3.8) is 0 Å². The maximum Gasteiger partial charge on any atom is 0.240 e. The lowest BCUT2D eigenvalue weighted by Gasteiger charge is -2.08. The van der Waals surface area contributed by atoms with Gasteiger partial charge >= 0.3 is 0 Å². The van der Waals surface area contributed by atoms with Crippen LogP contribution in [0.2, 0.25) is 0 Å². The minimum atomic E-state index is -0.149. The maximum atomic E-state index is 11.7. The monoisotopic (exact) mass is 284 g/mol. The fraction of sp³-hybridized carbons (Fsp3) is 0.375. The van der Waals surface area contributed by atoms with Crippen molar-refractivity contribution >= 4 is 16.8 Å². The smallest absolute Gasteiger partial charge is 0.240 e. The minimum absolute atomic E-state index is 0.0459. The van der Waals surface area contributed by atoms with E-state index in [1.54, 1.807) is 0 Å². The van der Waals surface area contributed by atoms with Crippen molar-refractivity contribution in [1.29, 1.82) is 5.26 Å². The standard InChI is InChI=1S/C16H20N4O/c1-2-8-18-11-13-4-3-5-15-14(13)6-10-20(15)12-16(21)19-9-7-17/h3-6,10,18H,2,8-9,11-12H2,1H3,(H,19,21). The predicted molar refractivity (Wildman–Crippen MR) is 82.6 cm³/mol. The molecule has 110 valence electrons. The van der Waals surface area contributed by atoms with E-state index >= 15 is 0 Å². The molecule has 0 aliphatic rings. The molecular weight excluding hydrogens is 264 g/mol. The van der Waals surface area contributed by atoms with Crippen LogP contribution in [-0.4, -0.2) is 23.6 Å². The van der Waals surface area contributed by atoms with E-state index in [-0.39, 0.29) is 19.0 Å². The van der Waals surface area contributed by atoms with Gasteiger partial charge in [0.25, 0.3) is 0 Å². The van der Waals surface area contributed by atoms with Crippen LogP contribution in [0.15, 0.2) is 30.5 Å². The van der Waals surface area contributed by atoms with Crippen LogP contribution in [0.4, 0.5) is 0 Å². The van der Waals surface area contributed by atoms with E-state index in [4.69, 9.17) is 5.26 Å². The average molecular weight is 284 g/mol. The Labute approximate surface area is 124 Å². The molecule has 5 heteroatoms. The van der Waals surface area contributed by atoms with Crippen LogP contribution < -0.4 is 10.6 Å². The van der Waals surface area contributed by atoms with E-state index < -0.39 is 0 Å². The molecule has 0 unspecified atom stereocenters. The number of carbonyl (C=O) groups is 1. The molecule has 0 atom stereocenters. The number of hydrogen-bond acceptors (Lipinski definition) is 3. The molecule has 0 radical (unpaired) electrons. The molecule has 1 aromatic carbocycles. The summed E-state index contributed by atoms with van der Waals surface area (Å²) < 4.78 is 1.91. The van der Waals surface area contributed by atoms with Gasteiger partial charge in [0.2, 0.25) is 5.91 Å². The molecule has 21 heavy (non-hydrogen) atoms. The summed E-state index contributed by atoms with van der Waals surface area (Å²) in [6.07, 6.45) is 3.02. The van der Waals surface area contributed by atoms with Crippen LogP contribution in [0, 0.1) is 11.3 Å². The molecule has 1 amide bonds. The summed E-state index contributed by atoms with van der Waals surface area (Å²) >= 11 is 0. The van der Waals surface area contributed by atoms with E-state index in [2.05, 4.69) is 23.6 Å². The molecule has 0 saturated heterocycles. The molecule has 0 aliphatic carbocycles.